The van der Waals surface area contributed by atoms with Crippen molar-refractivity contribution in [1.29, 1.82) is 0 Å². The Morgan fingerprint density at radius 1 is 1.23 bits per heavy atom. The molecular weight excluding hydrogens is 278 g/mol. The van der Waals surface area contributed by atoms with E-state index in [1.807, 2.05) is 42.5 Å². The van der Waals surface area contributed by atoms with Gasteiger partial charge >= 0.3 is 0 Å². The van der Waals surface area contributed by atoms with E-state index < -0.39 is 0 Å². The van der Waals surface area contributed by atoms with Crippen LogP contribution in [0.15, 0.2) is 48.7 Å². The summed E-state index contributed by atoms with van der Waals surface area (Å²) in [6, 6.07) is 13.3. The number of amides is 1. The summed E-state index contributed by atoms with van der Waals surface area (Å²) < 4.78 is 5.14. The van der Waals surface area contributed by atoms with E-state index in [1.165, 1.54) is 0 Å². The number of nitrogens with zero attached hydrogens (tertiary/aromatic N) is 2. The predicted octanol–water partition coefficient (Wildman–Crippen LogP) is 2.84. The van der Waals surface area contributed by atoms with Crippen molar-refractivity contribution >= 4 is 16.8 Å². The van der Waals surface area contributed by atoms with Crippen LogP contribution >= 0.6 is 0 Å². The normalized spacial score (nSPS) is 10.6. The number of hydrogen-bond acceptors (Lipinski definition) is 3. The van der Waals surface area contributed by atoms with E-state index >= 15 is 0 Å². The summed E-state index contributed by atoms with van der Waals surface area (Å²) in [5.74, 6) is 0.769. The summed E-state index contributed by atoms with van der Waals surface area (Å²) in [4.78, 5) is 14.3. The van der Waals surface area contributed by atoms with Gasteiger partial charge in [0.2, 0.25) is 0 Å². The molecule has 0 atom stereocenters. The fraction of sp³-hybridized carbons (Fsp3) is 0.176. The van der Waals surface area contributed by atoms with Gasteiger partial charge in [0.1, 0.15) is 5.75 Å². The lowest BCUT2D eigenvalue weighted by Gasteiger charge is -2.18. The van der Waals surface area contributed by atoms with Gasteiger partial charge < -0.3 is 9.64 Å². The molecule has 0 saturated carbocycles. The van der Waals surface area contributed by atoms with Crippen LogP contribution in [0.1, 0.15) is 15.9 Å². The van der Waals surface area contributed by atoms with Crippen molar-refractivity contribution in [2.45, 2.75) is 6.54 Å². The first-order chi connectivity index (χ1) is 10.7. The van der Waals surface area contributed by atoms with Crippen LogP contribution in [-0.2, 0) is 6.54 Å². The lowest BCUT2D eigenvalue weighted by Crippen LogP contribution is -2.26. The number of hydrogen-bond donors (Lipinski definition) is 1. The molecule has 0 unspecified atom stereocenters. The van der Waals surface area contributed by atoms with E-state index in [0.29, 0.717) is 12.1 Å². The minimum atomic E-state index is -0.0364. The van der Waals surface area contributed by atoms with Crippen molar-refractivity contribution in [3.63, 3.8) is 0 Å². The molecule has 0 saturated heterocycles. The molecule has 0 aliphatic heterocycles. The van der Waals surface area contributed by atoms with E-state index in [2.05, 4.69) is 10.2 Å². The number of ether oxygens (including phenoxy) is 1. The summed E-state index contributed by atoms with van der Waals surface area (Å²) >= 11 is 0. The molecule has 0 bridgehead atoms. The Bertz CT molecular complexity index is 793. The summed E-state index contributed by atoms with van der Waals surface area (Å²) in [5, 5.41) is 7.82. The summed E-state index contributed by atoms with van der Waals surface area (Å²) in [7, 11) is 3.43. The highest BCUT2D eigenvalue weighted by atomic mass is 16.5. The maximum atomic E-state index is 12.6. The smallest absolute Gasteiger partial charge is 0.256 e. The van der Waals surface area contributed by atoms with Crippen LogP contribution in [0.25, 0.3) is 10.9 Å². The molecule has 2 aromatic carbocycles. The van der Waals surface area contributed by atoms with Crippen molar-refractivity contribution in [1.82, 2.24) is 15.1 Å². The van der Waals surface area contributed by atoms with Gasteiger partial charge in [0.15, 0.2) is 0 Å². The van der Waals surface area contributed by atoms with Gasteiger partial charge in [0.25, 0.3) is 5.91 Å². The fourth-order valence-corrected chi connectivity index (χ4v) is 2.43. The lowest BCUT2D eigenvalue weighted by molar-refractivity contribution is 0.0787. The third-order valence-electron chi connectivity index (χ3n) is 3.63. The highest BCUT2D eigenvalue weighted by Gasteiger charge is 2.15. The molecule has 0 radical (unpaired) electrons. The summed E-state index contributed by atoms with van der Waals surface area (Å²) in [6.07, 6.45) is 1.72. The van der Waals surface area contributed by atoms with Gasteiger partial charge in [0.05, 0.1) is 24.4 Å². The summed E-state index contributed by atoms with van der Waals surface area (Å²) in [5.41, 5.74) is 2.45. The van der Waals surface area contributed by atoms with Crippen LogP contribution in [0.2, 0.25) is 0 Å². The van der Waals surface area contributed by atoms with Crippen molar-refractivity contribution in [3.8, 4) is 5.75 Å². The predicted molar refractivity (Wildman–Crippen MR) is 84.9 cm³/mol. The van der Waals surface area contributed by atoms with Crippen LogP contribution in [0, 0.1) is 0 Å². The molecule has 0 aliphatic carbocycles. The van der Waals surface area contributed by atoms with Gasteiger partial charge in [-0.15, -0.1) is 0 Å². The second-order valence-corrected chi connectivity index (χ2v) is 5.15. The van der Waals surface area contributed by atoms with Crippen LogP contribution in [0.5, 0.6) is 5.75 Å². The number of aromatic nitrogens is 2. The number of rotatable bonds is 4. The van der Waals surface area contributed by atoms with Crippen molar-refractivity contribution in [2.24, 2.45) is 0 Å². The first-order valence-electron chi connectivity index (χ1n) is 6.99. The highest BCUT2D eigenvalue weighted by Crippen LogP contribution is 2.18. The maximum Gasteiger partial charge on any atom is 0.256 e. The van der Waals surface area contributed by atoms with Crippen molar-refractivity contribution in [2.75, 3.05) is 14.2 Å². The third-order valence-corrected chi connectivity index (χ3v) is 3.63. The Balaban J connectivity index is 1.80. The molecule has 3 rings (SSSR count). The van der Waals surface area contributed by atoms with Gasteiger partial charge in [-0.1, -0.05) is 24.3 Å². The zero-order valence-corrected chi connectivity index (χ0v) is 12.5. The van der Waals surface area contributed by atoms with Gasteiger partial charge in [-0.2, -0.15) is 5.10 Å². The number of methoxy groups -OCH3 is 1. The molecule has 1 heterocycles. The molecule has 1 amide bonds. The highest BCUT2D eigenvalue weighted by molar-refractivity contribution is 6.05. The summed E-state index contributed by atoms with van der Waals surface area (Å²) in [6.45, 7) is 0.535. The maximum absolute atomic E-state index is 12.6. The molecule has 112 valence electrons. The number of carbonyl (C=O) groups excluding carboxylic acids is 1. The molecule has 1 N–H and O–H groups in total. The van der Waals surface area contributed by atoms with Crippen LogP contribution in [0.3, 0.4) is 0 Å². The first kappa shape index (κ1) is 14.1. The molecule has 5 heteroatoms. The van der Waals surface area contributed by atoms with Crippen molar-refractivity contribution in [3.05, 3.63) is 59.8 Å². The Labute approximate surface area is 128 Å². The molecule has 5 nitrogen and oxygen atoms in total. The van der Waals surface area contributed by atoms with Crippen LogP contribution in [0.4, 0.5) is 0 Å². The minimum absolute atomic E-state index is 0.0364. The van der Waals surface area contributed by atoms with Gasteiger partial charge in [0, 0.05) is 19.0 Å². The molecule has 22 heavy (non-hydrogen) atoms. The standard InChI is InChI=1S/C17H17N3O2/c1-20(11-12-6-8-14(22-2)9-7-12)17(21)15-5-3-4-13-10-18-19-16(13)15/h3-10H,11H2,1-2H3,(H,18,19). The average Bonchev–Trinajstić information content (AvgIpc) is 3.03. The first-order valence-corrected chi connectivity index (χ1v) is 6.99. The average molecular weight is 295 g/mol. The lowest BCUT2D eigenvalue weighted by atomic mass is 10.1. The Kier molecular flexibility index (Phi) is 3.78. The third kappa shape index (κ3) is 2.65. The number of carbonyl (C=O) groups is 1. The zero-order chi connectivity index (χ0) is 15.5. The largest absolute Gasteiger partial charge is 0.497 e. The number of H-pyrrole nitrogens is 1. The molecule has 0 spiro atoms. The van der Waals surface area contributed by atoms with Crippen LogP contribution in [-0.4, -0.2) is 35.2 Å². The Morgan fingerprint density at radius 3 is 2.73 bits per heavy atom. The quantitative estimate of drug-likeness (QED) is 0.805. The van der Waals surface area contributed by atoms with E-state index in [9.17, 15) is 4.79 Å². The SMILES string of the molecule is COc1ccc(CN(C)C(=O)c2cccc3cn[nH]c23)cc1. The number of nitrogens with one attached hydrogen (secondary N) is 1. The second kappa shape index (κ2) is 5.89. The topological polar surface area (TPSA) is 58.2 Å². The zero-order valence-electron chi connectivity index (χ0n) is 12.5. The Hall–Kier alpha value is -2.82. The van der Waals surface area contributed by atoms with E-state index in [0.717, 1.165) is 22.2 Å². The molecule has 3 aromatic rings. The number of benzene rings is 2. The molecule has 0 aliphatic rings. The second-order valence-electron chi connectivity index (χ2n) is 5.15. The molecule has 0 fully saturated rings. The minimum Gasteiger partial charge on any atom is -0.497 e. The monoisotopic (exact) mass is 295 g/mol. The van der Waals surface area contributed by atoms with Gasteiger partial charge in [-0.3, -0.25) is 9.89 Å². The number of para-hydroxylation sites is 1. The van der Waals surface area contributed by atoms with E-state index in [1.54, 1.807) is 25.3 Å². The number of aromatic amines is 1. The van der Waals surface area contributed by atoms with Crippen LogP contribution < -0.4 is 4.74 Å². The van der Waals surface area contributed by atoms with E-state index in [-0.39, 0.29) is 5.91 Å². The van der Waals surface area contributed by atoms with Gasteiger partial charge in [-0.25, -0.2) is 0 Å². The van der Waals surface area contributed by atoms with Gasteiger partial charge in [-0.05, 0) is 23.8 Å². The fourth-order valence-electron chi connectivity index (χ4n) is 2.43. The van der Waals surface area contributed by atoms with E-state index in [4.69, 9.17) is 4.74 Å². The number of fused-ring (bicyclic) bond motifs is 1. The molecule has 1 aromatic heterocycles. The Morgan fingerprint density at radius 2 is 2.00 bits per heavy atom. The molecular formula is C17H17N3O2. The van der Waals surface area contributed by atoms with Crippen molar-refractivity contribution < 1.29 is 9.53 Å².